The standard InChI is InChI=1S/C16H19N3O2S/c17-15(20)13-9-14(22-16(13)18)12-3-1-11(2-4-12)10-19-5-7-21-8-6-19/h1-4,9H,5-8,10,18H2,(H2,17,20). The van der Waals surface area contributed by atoms with E-state index in [0.717, 1.165) is 43.3 Å². The molecule has 3 rings (SSSR count). The Balaban J connectivity index is 1.73. The molecule has 0 bridgehead atoms. The Hall–Kier alpha value is -1.89. The number of nitrogens with zero attached hydrogens (tertiary/aromatic N) is 1. The highest BCUT2D eigenvalue weighted by Crippen LogP contribution is 2.33. The number of nitrogens with two attached hydrogens (primary N) is 2. The van der Waals surface area contributed by atoms with Crippen molar-refractivity contribution in [1.82, 2.24) is 4.90 Å². The molecule has 1 aliphatic heterocycles. The lowest BCUT2D eigenvalue weighted by molar-refractivity contribution is 0.0342. The van der Waals surface area contributed by atoms with Gasteiger partial charge in [0.25, 0.3) is 5.91 Å². The van der Waals surface area contributed by atoms with Gasteiger partial charge in [0, 0.05) is 24.5 Å². The highest BCUT2D eigenvalue weighted by molar-refractivity contribution is 7.19. The van der Waals surface area contributed by atoms with Crippen molar-refractivity contribution in [1.29, 1.82) is 0 Å². The average molecular weight is 317 g/mol. The third-order valence-electron chi connectivity index (χ3n) is 3.77. The monoisotopic (exact) mass is 317 g/mol. The second-order valence-corrected chi connectivity index (χ2v) is 6.42. The fraction of sp³-hybridized carbons (Fsp3) is 0.312. The second kappa shape index (κ2) is 6.48. The number of carbonyl (C=O) groups is 1. The van der Waals surface area contributed by atoms with E-state index in [4.69, 9.17) is 16.2 Å². The van der Waals surface area contributed by atoms with Gasteiger partial charge >= 0.3 is 0 Å². The summed E-state index contributed by atoms with van der Waals surface area (Å²) in [7, 11) is 0. The minimum absolute atomic E-state index is 0.400. The molecule has 1 aromatic carbocycles. The van der Waals surface area contributed by atoms with Gasteiger partial charge in [0.2, 0.25) is 0 Å². The van der Waals surface area contributed by atoms with Crippen LogP contribution in [0.4, 0.5) is 5.00 Å². The number of carbonyl (C=O) groups excluding carboxylic acids is 1. The van der Waals surface area contributed by atoms with Crippen LogP contribution in [0.15, 0.2) is 30.3 Å². The number of thiophene rings is 1. The average Bonchev–Trinajstić information content (AvgIpc) is 2.91. The first-order chi connectivity index (χ1) is 10.6. The first-order valence-corrected chi connectivity index (χ1v) is 8.03. The predicted molar refractivity (Wildman–Crippen MR) is 88.8 cm³/mol. The number of anilines is 1. The predicted octanol–water partition coefficient (Wildman–Crippen LogP) is 1.93. The van der Waals surface area contributed by atoms with Crippen molar-refractivity contribution in [3.8, 4) is 10.4 Å². The van der Waals surface area contributed by atoms with E-state index in [1.165, 1.54) is 16.9 Å². The number of amides is 1. The molecular formula is C16H19N3O2S. The van der Waals surface area contributed by atoms with E-state index in [2.05, 4.69) is 29.2 Å². The quantitative estimate of drug-likeness (QED) is 0.903. The summed E-state index contributed by atoms with van der Waals surface area (Å²) < 4.78 is 5.36. The summed E-state index contributed by atoms with van der Waals surface area (Å²) in [6.07, 6.45) is 0. The summed E-state index contributed by atoms with van der Waals surface area (Å²) in [4.78, 5) is 14.6. The van der Waals surface area contributed by atoms with Gasteiger partial charge in [-0.25, -0.2) is 0 Å². The maximum atomic E-state index is 11.3. The van der Waals surface area contributed by atoms with Crippen molar-refractivity contribution in [2.75, 3.05) is 32.0 Å². The van der Waals surface area contributed by atoms with E-state index in [1.54, 1.807) is 6.07 Å². The highest BCUT2D eigenvalue weighted by atomic mass is 32.1. The Bertz CT molecular complexity index is 661. The van der Waals surface area contributed by atoms with E-state index < -0.39 is 5.91 Å². The number of nitrogen functional groups attached to an aromatic ring is 1. The van der Waals surface area contributed by atoms with Crippen molar-refractivity contribution in [3.05, 3.63) is 41.5 Å². The molecule has 116 valence electrons. The van der Waals surface area contributed by atoms with Crippen LogP contribution in [0.25, 0.3) is 10.4 Å². The molecule has 6 heteroatoms. The highest BCUT2D eigenvalue weighted by Gasteiger charge is 2.13. The lowest BCUT2D eigenvalue weighted by Gasteiger charge is -2.26. The van der Waals surface area contributed by atoms with Gasteiger partial charge < -0.3 is 16.2 Å². The number of rotatable bonds is 4. The van der Waals surface area contributed by atoms with Gasteiger partial charge in [-0.2, -0.15) is 0 Å². The number of ether oxygens (including phenoxy) is 1. The molecule has 1 fully saturated rings. The minimum atomic E-state index is -0.482. The smallest absolute Gasteiger partial charge is 0.251 e. The Labute approximate surface area is 133 Å². The fourth-order valence-electron chi connectivity index (χ4n) is 2.53. The molecule has 1 aliphatic rings. The molecule has 1 aromatic heterocycles. The van der Waals surface area contributed by atoms with Crippen molar-refractivity contribution in [2.24, 2.45) is 5.73 Å². The molecule has 5 nitrogen and oxygen atoms in total. The van der Waals surface area contributed by atoms with Crippen LogP contribution >= 0.6 is 11.3 Å². The van der Waals surface area contributed by atoms with Crippen molar-refractivity contribution in [2.45, 2.75) is 6.54 Å². The maximum absolute atomic E-state index is 11.3. The molecule has 0 unspecified atom stereocenters. The van der Waals surface area contributed by atoms with Crippen LogP contribution in [0.2, 0.25) is 0 Å². The fourth-order valence-corrected chi connectivity index (χ4v) is 3.47. The second-order valence-electron chi connectivity index (χ2n) is 5.34. The number of hydrogen-bond donors (Lipinski definition) is 2. The molecule has 0 aliphatic carbocycles. The molecule has 4 N–H and O–H groups in total. The molecule has 0 atom stereocenters. The summed E-state index contributed by atoms with van der Waals surface area (Å²) in [6.45, 7) is 4.50. The molecule has 2 heterocycles. The summed E-state index contributed by atoms with van der Waals surface area (Å²) >= 11 is 1.39. The first kappa shape index (κ1) is 15.0. The minimum Gasteiger partial charge on any atom is -0.390 e. The summed E-state index contributed by atoms with van der Waals surface area (Å²) in [5.41, 5.74) is 13.9. The molecular weight excluding hydrogens is 298 g/mol. The number of hydrogen-bond acceptors (Lipinski definition) is 5. The van der Waals surface area contributed by atoms with Crippen LogP contribution in [0.1, 0.15) is 15.9 Å². The molecule has 1 amide bonds. The van der Waals surface area contributed by atoms with E-state index >= 15 is 0 Å². The van der Waals surface area contributed by atoms with E-state index in [1.807, 2.05) is 0 Å². The molecule has 2 aromatic rings. The van der Waals surface area contributed by atoms with Crippen molar-refractivity contribution >= 4 is 22.2 Å². The van der Waals surface area contributed by atoms with Gasteiger partial charge in [-0.05, 0) is 17.2 Å². The van der Waals surface area contributed by atoms with Crippen LogP contribution < -0.4 is 11.5 Å². The van der Waals surface area contributed by atoms with Gasteiger partial charge in [-0.1, -0.05) is 24.3 Å². The topological polar surface area (TPSA) is 81.6 Å². The van der Waals surface area contributed by atoms with E-state index in [9.17, 15) is 4.79 Å². The van der Waals surface area contributed by atoms with Crippen molar-refractivity contribution < 1.29 is 9.53 Å². The SMILES string of the molecule is NC(=O)c1cc(-c2ccc(CN3CCOCC3)cc2)sc1N. The van der Waals surface area contributed by atoms with Crippen LogP contribution in [-0.2, 0) is 11.3 Å². The van der Waals surface area contributed by atoms with Gasteiger partial charge in [0.05, 0.1) is 23.8 Å². The molecule has 0 spiro atoms. The summed E-state index contributed by atoms with van der Waals surface area (Å²) in [6, 6.07) is 10.1. The third-order valence-corrected chi connectivity index (χ3v) is 4.79. The summed E-state index contributed by atoms with van der Waals surface area (Å²) in [5.74, 6) is -0.482. The van der Waals surface area contributed by atoms with Crippen LogP contribution in [0.3, 0.4) is 0 Å². The zero-order chi connectivity index (χ0) is 15.5. The van der Waals surface area contributed by atoms with Crippen LogP contribution in [0, 0.1) is 0 Å². The Morgan fingerprint density at radius 2 is 1.91 bits per heavy atom. The van der Waals surface area contributed by atoms with E-state index in [-0.39, 0.29) is 0 Å². The molecule has 22 heavy (non-hydrogen) atoms. The first-order valence-electron chi connectivity index (χ1n) is 7.22. The van der Waals surface area contributed by atoms with Crippen LogP contribution in [0.5, 0.6) is 0 Å². The largest absolute Gasteiger partial charge is 0.390 e. The summed E-state index contributed by atoms with van der Waals surface area (Å²) in [5, 5.41) is 0.472. The number of primary amides is 1. The third kappa shape index (κ3) is 3.30. The van der Waals surface area contributed by atoms with Gasteiger partial charge in [0.15, 0.2) is 0 Å². The lowest BCUT2D eigenvalue weighted by Crippen LogP contribution is -2.35. The zero-order valence-electron chi connectivity index (χ0n) is 12.2. The van der Waals surface area contributed by atoms with Crippen LogP contribution in [-0.4, -0.2) is 37.1 Å². The lowest BCUT2D eigenvalue weighted by atomic mass is 10.1. The number of benzene rings is 1. The normalized spacial score (nSPS) is 15.8. The van der Waals surface area contributed by atoms with E-state index in [0.29, 0.717) is 10.6 Å². The molecule has 1 saturated heterocycles. The number of morpholine rings is 1. The Kier molecular flexibility index (Phi) is 4.42. The molecule has 0 saturated carbocycles. The Morgan fingerprint density at radius 1 is 1.23 bits per heavy atom. The van der Waals surface area contributed by atoms with Gasteiger partial charge in [-0.15, -0.1) is 11.3 Å². The van der Waals surface area contributed by atoms with Gasteiger partial charge in [0.1, 0.15) is 0 Å². The maximum Gasteiger partial charge on any atom is 0.251 e. The molecule has 0 radical (unpaired) electrons. The zero-order valence-corrected chi connectivity index (χ0v) is 13.1. The van der Waals surface area contributed by atoms with Crippen molar-refractivity contribution in [3.63, 3.8) is 0 Å². The van der Waals surface area contributed by atoms with Gasteiger partial charge in [-0.3, -0.25) is 9.69 Å². The Morgan fingerprint density at radius 3 is 2.50 bits per heavy atom.